The summed E-state index contributed by atoms with van der Waals surface area (Å²) in [4.78, 5) is 12.3. The molecule has 0 saturated heterocycles. The fourth-order valence-corrected chi connectivity index (χ4v) is 1.95. The quantitative estimate of drug-likeness (QED) is 0.590. The molecule has 0 aromatic heterocycles. The summed E-state index contributed by atoms with van der Waals surface area (Å²) in [5.74, 6) is 5.78. The summed E-state index contributed by atoms with van der Waals surface area (Å²) in [6.07, 6.45) is 0. The number of carbonyl (C=O) groups excluding carboxylic acids is 1. The molecule has 0 unspecified atom stereocenters. The van der Waals surface area contributed by atoms with E-state index in [1.165, 1.54) is 0 Å². The van der Waals surface area contributed by atoms with Crippen LogP contribution in [0.25, 0.3) is 0 Å². The van der Waals surface area contributed by atoms with E-state index in [2.05, 4.69) is 10.7 Å². The lowest BCUT2D eigenvalue weighted by molar-refractivity contribution is 0.102. The fraction of sp³-hybridized carbons (Fsp3) is 0.133. The van der Waals surface area contributed by atoms with Crippen LogP contribution in [0, 0.1) is 6.92 Å². The molecule has 0 fully saturated rings. The Kier molecular flexibility index (Phi) is 4.22. The molecule has 2 rings (SSSR count). The molecule has 5 heteroatoms. The van der Waals surface area contributed by atoms with Gasteiger partial charge in [-0.1, -0.05) is 12.1 Å². The van der Waals surface area contributed by atoms with Crippen LogP contribution in [0.5, 0.6) is 5.75 Å². The fourth-order valence-electron chi connectivity index (χ4n) is 1.95. The SMILES string of the molecule is COc1ccccc1NC(=O)c1ccc(NN)cc1C. The molecule has 0 aliphatic carbocycles. The van der Waals surface area contributed by atoms with Gasteiger partial charge in [-0.2, -0.15) is 0 Å². The molecule has 4 N–H and O–H groups in total. The van der Waals surface area contributed by atoms with E-state index in [1.807, 2.05) is 25.1 Å². The van der Waals surface area contributed by atoms with E-state index < -0.39 is 0 Å². The number of aryl methyl sites for hydroxylation is 1. The molecular weight excluding hydrogens is 254 g/mol. The summed E-state index contributed by atoms with van der Waals surface area (Å²) < 4.78 is 5.21. The van der Waals surface area contributed by atoms with Crippen LogP contribution in [0.2, 0.25) is 0 Å². The molecule has 0 spiro atoms. The first-order valence-electron chi connectivity index (χ1n) is 6.17. The first-order chi connectivity index (χ1) is 9.65. The standard InChI is InChI=1S/C15H17N3O2/c1-10-9-11(18-16)7-8-12(10)15(19)17-13-5-3-4-6-14(13)20-2/h3-9,18H,16H2,1-2H3,(H,17,19). The summed E-state index contributed by atoms with van der Waals surface area (Å²) in [5.41, 5.74) is 5.38. The van der Waals surface area contributed by atoms with Crippen LogP contribution >= 0.6 is 0 Å². The monoisotopic (exact) mass is 271 g/mol. The van der Waals surface area contributed by atoms with E-state index in [0.717, 1.165) is 11.3 Å². The zero-order chi connectivity index (χ0) is 14.5. The number of methoxy groups -OCH3 is 1. The minimum atomic E-state index is -0.185. The molecule has 0 saturated carbocycles. The maximum atomic E-state index is 12.3. The summed E-state index contributed by atoms with van der Waals surface area (Å²) in [7, 11) is 1.57. The topological polar surface area (TPSA) is 76.4 Å². The average molecular weight is 271 g/mol. The second kappa shape index (κ2) is 6.08. The Morgan fingerprint density at radius 2 is 1.95 bits per heavy atom. The predicted octanol–water partition coefficient (Wildman–Crippen LogP) is 2.54. The van der Waals surface area contributed by atoms with Gasteiger partial charge in [-0.05, 0) is 42.8 Å². The smallest absolute Gasteiger partial charge is 0.256 e. The van der Waals surface area contributed by atoms with Crippen molar-refractivity contribution in [3.8, 4) is 5.75 Å². The van der Waals surface area contributed by atoms with Crippen molar-refractivity contribution in [2.45, 2.75) is 6.92 Å². The molecule has 0 atom stereocenters. The average Bonchev–Trinajstić information content (AvgIpc) is 2.47. The van der Waals surface area contributed by atoms with Crippen LogP contribution in [0.3, 0.4) is 0 Å². The van der Waals surface area contributed by atoms with E-state index in [-0.39, 0.29) is 5.91 Å². The van der Waals surface area contributed by atoms with Gasteiger partial charge in [0, 0.05) is 11.3 Å². The number of ether oxygens (including phenoxy) is 1. The summed E-state index contributed by atoms with van der Waals surface area (Å²) in [6.45, 7) is 1.86. The Labute approximate surface area is 117 Å². The summed E-state index contributed by atoms with van der Waals surface area (Å²) in [5, 5.41) is 2.84. The van der Waals surface area contributed by atoms with Crippen molar-refractivity contribution < 1.29 is 9.53 Å². The highest BCUT2D eigenvalue weighted by molar-refractivity contribution is 6.06. The number of hydrogen-bond acceptors (Lipinski definition) is 4. The number of hydrogen-bond donors (Lipinski definition) is 3. The Morgan fingerprint density at radius 3 is 2.60 bits per heavy atom. The Hall–Kier alpha value is -2.53. The lowest BCUT2D eigenvalue weighted by Crippen LogP contribution is -2.15. The van der Waals surface area contributed by atoms with Crippen LogP contribution in [-0.4, -0.2) is 13.0 Å². The molecule has 0 aliphatic rings. The lowest BCUT2D eigenvalue weighted by Gasteiger charge is -2.11. The van der Waals surface area contributed by atoms with E-state index in [1.54, 1.807) is 31.4 Å². The lowest BCUT2D eigenvalue weighted by atomic mass is 10.1. The number of rotatable bonds is 4. The highest BCUT2D eigenvalue weighted by Gasteiger charge is 2.11. The second-order valence-electron chi connectivity index (χ2n) is 4.33. The van der Waals surface area contributed by atoms with E-state index in [4.69, 9.17) is 10.6 Å². The van der Waals surface area contributed by atoms with Crippen molar-refractivity contribution in [2.24, 2.45) is 5.84 Å². The number of nitrogen functional groups attached to an aromatic ring is 1. The number of amides is 1. The van der Waals surface area contributed by atoms with Crippen molar-refractivity contribution in [3.05, 3.63) is 53.6 Å². The number of hydrazine groups is 1. The van der Waals surface area contributed by atoms with Crippen molar-refractivity contribution >= 4 is 17.3 Å². The number of anilines is 2. The molecule has 104 valence electrons. The summed E-state index contributed by atoms with van der Waals surface area (Å²) >= 11 is 0. The number of nitrogens with one attached hydrogen (secondary N) is 2. The minimum absolute atomic E-state index is 0.185. The van der Waals surface area contributed by atoms with E-state index in [0.29, 0.717) is 17.0 Å². The number of para-hydroxylation sites is 2. The number of nitrogens with two attached hydrogens (primary N) is 1. The van der Waals surface area contributed by atoms with Gasteiger partial charge in [0.2, 0.25) is 0 Å². The van der Waals surface area contributed by atoms with Gasteiger partial charge in [0.1, 0.15) is 5.75 Å². The molecule has 0 heterocycles. The molecule has 1 amide bonds. The van der Waals surface area contributed by atoms with Crippen molar-refractivity contribution in [1.82, 2.24) is 0 Å². The second-order valence-corrected chi connectivity index (χ2v) is 4.33. The largest absolute Gasteiger partial charge is 0.495 e. The molecule has 0 radical (unpaired) electrons. The molecule has 5 nitrogen and oxygen atoms in total. The van der Waals surface area contributed by atoms with E-state index in [9.17, 15) is 4.79 Å². The van der Waals surface area contributed by atoms with Gasteiger partial charge in [0.15, 0.2) is 0 Å². The molecule has 2 aromatic carbocycles. The highest BCUT2D eigenvalue weighted by atomic mass is 16.5. The zero-order valence-electron chi connectivity index (χ0n) is 11.4. The van der Waals surface area contributed by atoms with Crippen molar-refractivity contribution in [3.63, 3.8) is 0 Å². The van der Waals surface area contributed by atoms with Crippen molar-refractivity contribution in [1.29, 1.82) is 0 Å². The van der Waals surface area contributed by atoms with Crippen LogP contribution in [0.1, 0.15) is 15.9 Å². The molecule has 0 bridgehead atoms. The van der Waals surface area contributed by atoms with Gasteiger partial charge in [-0.15, -0.1) is 0 Å². The number of carbonyl (C=O) groups is 1. The predicted molar refractivity (Wildman–Crippen MR) is 79.9 cm³/mol. The third-order valence-electron chi connectivity index (χ3n) is 2.99. The van der Waals surface area contributed by atoms with Crippen LogP contribution < -0.4 is 21.3 Å². The van der Waals surface area contributed by atoms with Crippen LogP contribution in [0.15, 0.2) is 42.5 Å². The van der Waals surface area contributed by atoms with Crippen LogP contribution in [-0.2, 0) is 0 Å². The Morgan fingerprint density at radius 1 is 1.20 bits per heavy atom. The maximum absolute atomic E-state index is 12.3. The molecular formula is C15H17N3O2. The molecule has 0 aliphatic heterocycles. The first kappa shape index (κ1) is 13.9. The Bertz CT molecular complexity index is 626. The van der Waals surface area contributed by atoms with Gasteiger partial charge in [0.05, 0.1) is 12.8 Å². The molecule has 2 aromatic rings. The van der Waals surface area contributed by atoms with E-state index >= 15 is 0 Å². The van der Waals surface area contributed by atoms with Crippen molar-refractivity contribution in [2.75, 3.05) is 17.9 Å². The van der Waals surface area contributed by atoms with Crippen LogP contribution in [0.4, 0.5) is 11.4 Å². The van der Waals surface area contributed by atoms with Gasteiger partial charge in [0.25, 0.3) is 5.91 Å². The maximum Gasteiger partial charge on any atom is 0.256 e. The van der Waals surface area contributed by atoms with Gasteiger partial charge >= 0.3 is 0 Å². The minimum Gasteiger partial charge on any atom is -0.495 e. The van der Waals surface area contributed by atoms with Gasteiger partial charge in [-0.3, -0.25) is 10.6 Å². The molecule has 20 heavy (non-hydrogen) atoms. The zero-order valence-corrected chi connectivity index (χ0v) is 11.4. The highest BCUT2D eigenvalue weighted by Crippen LogP contribution is 2.24. The Balaban J connectivity index is 2.24. The number of benzene rings is 2. The normalized spacial score (nSPS) is 9.95. The summed E-state index contributed by atoms with van der Waals surface area (Å²) in [6, 6.07) is 12.6. The first-order valence-corrected chi connectivity index (χ1v) is 6.17. The van der Waals surface area contributed by atoms with Gasteiger partial charge in [-0.25, -0.2) is 0 Å². The van der Waals surface area contributed by atoms with Gasteiger partial charge < -0.3 is 15.5 Å². The third-order valence-corrected chi connectivity index (χ3v) is 2.99. The third kappa shape index (κ3) is 2.89.